The van der Waals surface area contributed by atoms with Crippen LogP contribution in [0.15, 0.2) is 24.3 Å². The number of benzene rings is 1. The zero-order valence-electron chi connectivity index (χ0n) is 10.2. The van der Waals surface area contributed by atoms with Crippen molar-refractivity contribution in [3.05, 3.63) is 35.5 Å². The first kappa shape index (κ1) is 12.0. The number of H-pyrrole nitrogens is 1. The van der Waals surface area contributed by atoms with Crippen molar-refractivity contribution in [3.63, 3.8) is 0 Å². The number of rotatable bonds is 3. The molecular formula is C12H14N4O2. The fourth-order valence-electron chi connectivity index (χ4n) is 1.54. The third-order valence-corrected chi connectivity index (χ3v) is 2.45. The average Bonchev–Trinajstić information content (AvgIpc) is 2.74. The Bertz CT molecular complexity index is 577. The molecule has 1 aromatic heterocycles. The molecule has 0 unspecified atom stereocenters. The van der Waals surface area contributed by atoms with Crippen LogP contribution in [0, 0.1) is 6.92 Å². The largest absolute Gasteiger partial charge is 0.497 e. The first-order valence-corrected chi connectivity index (χ1v) is 5.37. The molecule has 6 nitrogen and oxygen atoms in total. The maximum absolute atomic E-state index is 12.0. The molecule has 18 heavy (non-hydrogen) atoms. The number of nitrogens with zero attached hydrogens (tertiary/aromatic N) is 1. The van der Waals surface area contributed by atoms with E-state index in [9.17, 15) is 4.79 Å². The summed E-state index contributed by atoms with van der Waals surface area (Å²) >= 11 is 0. The van der Waals surface area contributed by atoms with Gasteiger partial charge in [0.15, 0.2) is 5.82 Å². The van der Waals surface area contributed by atoms with E-state index in [4.69, 9.17) is 10.5 Å². The number of nitrogens with two attached hydrogens (primary N) is 1. The van der Waals surface area contributed by atoms with Crippen LogP contribution >= 0.6 is 0 Å². The Morgan fingerprint density at radius 1 is 1.44 bits per heavy atom. The number of aromatic nitrogens is 2. The van der Waals surface area contributed by atoms with E-state index in [-0.39, 0.29) is 5.91 Å². The van der Waals surface area contributed by atoms with Crippen molar-refractivity contribution in [1.29, 1.82) is 0 Å². The second-order valence-electron chi connectivity index (χ2n) is 3.84. The molecule has 0 saturated heterocycles. The number of hydrogen-bond donors (Lipinski definition) is 3. The summed E-state index contributed by atoms with van der Waals surface area (Å²) in [5, 5.41) is 9.32. The van der Waals surface area contributed by atoms with E-state index >= 15 is 0 Å². The van der Waals surface area contributed by atoms with Gasteiger partial charge in [0, 0.05) is 23.5 Å². The van der Waals surface area contributed by atoms with Crippen LogP contribution in [-0.4, -0.2) is 23.2 Å². The Hall–Kier alpha value is -2.50. The van der Waals surface area contributed by atoms with Gasteiger partial charge in [-0.25, -0.2) is 0 Å². The summed E-state index contributed by atoms with van der Waals surface area (Å²) in [5.41, 5.74) is 7.40. The number of carbonyl (C=O) groups is 1. The number of nitrogen functional groups attached to an aromatic ring is 1. The lowest BCUT2D eigenvalue weighted by Crippen LogP contribution is -2.14. The summed E-state index contributed by atoms with van der Waals surface area (Å²) in [5.74, 6) is 0.772. The average molecular weight is 246 g/mol. The molecule has 0 fully saturated rings. The van der Waals surface area contributed by atoms with Crippen LogP contribution in [0.4, 0.5) is 11.5 Å². The van der Waals surface area contributed by atoms with Crippen molar-refractivity contribution in [2.24, 2.45) is 0 Å². The Morgan fingerprint density at radius 3 is 2.78 bits per heavy atom. The van der Waals surface area contributed by atoms with Gasteiger partial charge in [-0.15, -0.1) is 0 Å². The molecule has 1 heterocycles. The monoisotopic (exact) mass is 246 g/mol. The van der Waals surface area contributed by atoms with Gasteiger partial charge in [0.25, 0.3) is 5.91 Å². The number of anilines is 2. The third-order valence-electron chi connectivity index (χ3n) is 2.45. The molecule has 6 heteroatoms. The highest BCUT2D eigenvalue weighted by atomic mass is 16.5. The molecule has 0 bridgehead atoms. The number of aromatic amines is 1. The summed E-state index contributed by atoms with van der Waals surface area (Å²) in [6.07, 6.45) is 0. The number of carbonyl (C=O) groups excluding carboxylic acids is 1. The summed E-state index contributed by atoms with van der Waals surface area (Å²) in [6, 6.07) is 6.63. The van der Waals surface area contributed by atoms with Crippen LogP contribution in [0.2, 0.25) is 0 Å². The number of nitrogens with one attached hydrogen (secondary N) is 2. The Balaban J connectivity index is 2.18. The molecule has 0 atom stereocenters. The first-order valence-electron chi connectivity index (χ1n) is 5.37. The van der Waals surface area contributed by atoms with Crippen molar-refractivity contribution in [3.8, 4) is 5.75 Å². The van der Waals surface area contributed by atoms with E-state index in [1.54, 1.807) is 31.4 Å². The maximum Gasteiger partial charge on any atom is 0.258 e. The van der Waals surface area contributed by atoms with Crippen molar-refractivity contribution < 1.29 is 9.53 Å². The summed E-state index contributed by atoms with van der Waals surface area (Å²) in [4.78, 5) is 12.0. The second kappa shape index (κ2) is 4.79. The summed E-state index contributed by atoms with van der Waals surface area (Å²) in [7, 11) is 1.54. The fraction of sp³-hybridized carbons (Fsp3) is 0.167. The Morgan fingerprint density at radius 2 is 2.22 bits per heavy atom. The minimum atomic E-state index is -0.304. The summed E-state index contributed by atoms with van der Waals surface area (Å²) < 4.78 is 5.02. The Labute approximate surface area is 104 Å². The van der Waals surface area contributed by atoms with Gasteiger partial charge in [-0.2, -0.15) is 5.10 Å². The molecule has 0 aliphatic rings. The lowest BCUT2D eigenvalue weighted by atomic mass is 10.1. The smallest absolute Gasteiger partial charge is 0.258 e. The molecule has 0 saturated carbocycles. The molecule has 1 aromatic carbocycles. The molecule has 0 spiro atoms. The normalized spacial score (nSPS) is 10.1. The van der Waals surface area contributed by atoms with Crippen molar-refractivity contribution in [2.45, 2.75) is 6.92 Å². The number of amides is 1. The number of hydrogen-bond acceptors (Lipinski definition) is 4. The molecule has 94 valence electrons. The molecule has 2 aromatic rings. The minimum absolute atomic E-state index is 0.304. The zero-order valence-corrected chi connectivity index (χ0v) is 10.2. The van der Waals surface area contributed by atoms with Crippen LogP contribution in [0.5, 0.6) is 5.75 Å². The van der Waals surface area contributed by atoms with Crippen LogP contribution in [0.1, 0.15) is 16.1 Å². The van der Waals surface area contributed by atoms with Crippen molar-refractivity contribution >= 4 is 17.4 Å². The minimum Gasteiger partial charge on any atom is -0.497 e. The van der Waals surface area contributed by atoms with Crippen molar-refractivity contribution in [1.82, 2.24) is 10.2 Å². The van der Waals surface area contributed by atoms with E-state index < -0.39 is 0 Å². The topological polar surface area (TPSA) is 93.0 Å². The molecule has 0 aliphatic heterocycles. The SMILES string of the molecule is COc1ccc(C(=O)Nc2cc(C)[nH]n2)c(N)c1. The van der Waals surface area contributed by atoms with Crippen LogP contribution in [-0.2, 0) is 0 Å². The highest BCUT2D eigenvalue weighted by Gasteiger charge is 2.11. The number of methoxy groups -OCH3 is 1. The molecule has 2 rings (SSSR count). The number of ether oxygens (including phenoxy) is 1. The van der Waals surface area contributed by atoms with E-state index in [0.717, 1.165) is 5.69 Å². The quantitative estimate of drug-likeness (QED) is 0.716. The lowest BCUT2D eigenvalue weighted by molar-refractivity contribution is 0.102. The molecule has 0 aliphatic carbocycles. The van der Waals surface area contributed by atoms with Gasteiger partial charge < -0.3 is 15.8 Å². The molecule has 0 radical (unpaired) electrons. The lowest BCUT2D eigenvalue weighted by Gasteiger charge is -2.07. The van der Waals surface area contributed by atoms with Gasteiger partial charge in [-0.1, -0.05) is 0 Å². The highest BCUT2D eigenvalue weighted by Crippen LogP contribution is 2.20. The van der Waals surface area contributed by atoms with Crippen LogP contribution < -0.4 is 15.8 Å². The van der Waals surface area contributed by atoms with E-state index in [2.05, 4.69) is 15.5 Å². The standard InChI is InChI=1S/C12H14N4O2/c1-7-5-11(16-15-7)14-12(17)9-4-3-8(18-2)6-10(9)13/h3-6H,13H2,1-2H3,(H2,14,15,16,17). The van der Waals surface area contributed by atoms with E-state index in [0.29, 0.717) is 22.8 Å². The number of aryl methyl sites for hydroxylation is 1. The Kier molecular flexibility index (Phi) is 3.18. The zero-order chi connectivity index (χ0) is 13.1. The molecule has 1 amide bonds. The van der Waals surface area contributed by atoms with Gasteiger partial charge in [0.05, 0.1) is 12.7 Å². The van der Waals surface area contributed by atoms with Gasteiger partial charge in [-0.3, -0.25) is 9.89 Å². The van der Waals surface area contributed by atoms with Crippen LogP contribution in [0.3, 0.4) is 0 Å². The van der Waals surface area contributed by atoms with Gasteiger partial charge >= 0.3 is 0 Å². The fourth-order valence-corrected chi connectivity index (χ4v) is 1.54. The first-order chi connectivity index (χ1) is 8.60. The molecular weight excluding hydrogens is 232 g/mol. The van der Waals surface area contributed by atoms with Crippen LogP contribution in [0.25, 0.3) is 0 Å². The predicted molar refractivity (Wildman–Crippen MR) is 68.7 cm³/mol. The van der Waals surface area contributed by atoms with E-state index in [1.165, 1.54) is 0 Å². The molecule has 4 N–H and O–H groups in total. The third kappa shape index (κ3) is 2.42. The van der Waals surface area contributed by atoms with Gasteiger partial charge in [0.1, 0.15) is 5.75 Å². The predicted octanol–water partition coefficient (Wildman–Crippen LogP) is 1.56. The highest BCUT2D eigenvalue weighted by molar-refractivity contribution is 6.07. The second-order valence-corrected chi connectivity index (χ2v) is 3.84. The van der Waals surface area contributed by atoms with E-state index in [1.807, 2.05) is 6.92 Å². The van der Waals surface area contributed by atoms with Gasteiger partial charge in [-0.05, 0) is 19.1 Å². The van der Waals surface area contributed by atoms with Crippen molar-refractivity contribution in [2.75, 3.05) is 18.2 Å². The maximum atomic E-state index is 12.0. The van der Waals surface area contributed by atoms with Gasteiger partial charge in [0.2, 0.25) is 0 Å². The summed E-state index contributed by atoms with van der Waals surface area (Å²) in [6.45, 7) is 1.85.